The fraction of sp³-hybridized carbons (Fsp3) is 0.909. The van der Waals surface area contributed by atoms with Crippen LogP contribution in [0.1, 0.15) is 116 Å². The molecular weight excluding hydrogens is 328 g/mol. The van der Waals surface area contributed by atoms with Gasteiger partial charge in [0.25, 0.3) is 0 Å². The second-order valence-corrected chi connectivity index (χ2v) is 8.60. The van der Waals surface area contributed by atoms with Crippen molar-refractivity contribution >= 4 is 11.9 Å². The van der Waals surface area contributed by atoms with Crippen molar-refractivity contribution in [3.63, 3.8) is 0 Å². The first kappa shape index (κ1) is 23.0. The fourth-order valence-electron chi connectivity index (χ4n) is 4.49. The van der Waals surface area contributed by atoms with Crippen molar-refractivity contribution in [1.82, 2.24) is 0 Å². The summed E-state index contributed by atoms with van der Waals surface area (Å²) in [5.74, 6) is -1.63. The lowest BCUT2D eigenvalue weighted by atomic mass is 9.72. The lowest BCUT2D eigenvalue weighted by Crippen LogP contribution is -2.35. The van der Waals surface area contributed by atoms with E-state index in [0.717, 1.165) is 32.1 Å². The molecule has 0 saturated heterocycles. The molecule has 0 aromatic rings. The van der Waals surface area contributed by atoms with E-state index in [1.54, 1.807) is 0 Å². The number of carbonyl (C=O) groups is 2. The summed E-state index contributed by atoms with van der Waals surface area (Å²) in [7, 11) is 0. The van der Waals surface area contributed by atoms with E-state index < -0.39 is 17.4 Å². The van der Waals surface area contributed by atoms with Crippen LogP contribution in [-0.2, 0) is 9.59 Å². The van der Waals surface area contributed by atoms with Gasteiger partial charge in [-0.3, -0.25) is 9.59 Å². The molecule has 152 valence electrons. The third kappa shape index (κ3) is 9.59. The van der Waals surface area contributed by atoms with Gasteiger partial charge in [0.2, 0.25) is 0 Å². The van der Waals surface area contributed by atoms with E-state index in [9.17, 15) is 19.8 Å². The SMILES string of the molecule is CC1CCCCCCCCCCCCCCCC(CC(=O)O)(C(=O)O)C1. The van der Waals surface area contributed by atoms with Crippen molar-refractivity contribution in [3.8, 4) is 0 Å². The zero-order valence-corrected chi connectivity index (χ0v) is 16.8. The average molecular weight is 369 g/mol. The first-order chi connectivity index (χ1) is 12.5. The van der Waals surface area contributed by atoms with Gasteiger partial charge in [-0.15, -0.1) is 0 Å². The molecule has 4 nitrogen and oxygen atoms in total. The minimum Gasteiger partial charge on any atom is -0.481 e. The van der Waals surface area contributed by atoms with Gasteiger partial charge in [-0.2, -0.15) is 0 Å². The van der Waals surface area contributed by atoms with E-state index in [1.807, 2.05) is 0 Å². The lowest BCUT2D eigenvalue weighted by molar-refractivity contribution is -0.157. The molecule has 4 heteroatoms. The average Bonchev–Trinajstić information content (AvgIpc) is 2.56. The molecule has 1 aliphatic carbocycles. The number of hydrogen-bond acceptors (Lipinski definition) is 2. The van der Waals surface area contributed by atoms with Crippen LogP contribution in [-0.4, -0.2) is 22.2 Å². The minimum atomic E-state index is -1.09. The highest BCUT2D eigenvalue weighted by molar-refractivity contribution is 5.81. The van der Waals surface area contributed by atoms with Crippen molar-refractivity contribution in [1.29, 1.82) is 0 Å². The molecule has 1 fully saturated rings. The van der Waals surface area contributed by atoms with Crippen LogP contribution in [0.4, 0.5) is 0 Å². The predicted octanol–water partition coefficient (Wildman–Crippen LogP) is 6.42. The van der Waals surface area contributed by atoms with E-state index in [0.29, 0.717) is 12.8 Å². The van der Waals surface area contributed by atoms with Gasteiger partial charge in [0.15, 0.2) is 0 Å². The Morgan fingerprint density at radius 3 is 1.62 bits per heavy atom. The predicted molar refractivity (Wildman–Crippen MR) is 105 cm³/mol. The summed E-state index contributed by atoms with van der Waals surface area (Å²) in [6, 6.07) is 0. The molecule has 0 aromatic heterocycles. The van der Waals surface area contributed by atoms with Crippen LogP contribution in [0.15, 0.2) is 0 Å². The van der Waals surface area contributed by atoms with Crippen molar-refractivity contribution < 1.29 is 19.8 Å². The maximum atomic E-state index is 12.0. The van der Waals surface area contributed by atoms with Gasteiger partial charge >= 0.3 is 11.9 Å². The Balaban J connectivity index is 2.68. The highest BCUT2D eigenvalue weighted by atomic mass is 16.4. The van der Waals surface area contributed by atoms with Crippen molar-refractivity contribution in [2.45, 2.75) is 116 Å². The first-order valence-electron chi connectivity index (χ1n) is 10.9. The summed E-state index contributed by atoms with van der Waals surface area (Å²) < 4.78 is 0. The monoisotopic (exact) mass is 368 g/mol. The van der Waals surface area contributed by atoms with Crippen LogP contribution in [0.2, 0.25) is 0 Å². The van der Waals surface area contributed by atoms with Crippen molar-refractivity contribution in [2.75, 3.05) is 0 Å². The molecule has 0 amide bonds. The van der Waals surface area contributed by atoms with Gasteiger partial charge in [0.1, 0.15) is 0 Å². The van der Waals surface area contributed by atoms with Crippen LogP contribution in [0.5, 0.6) is 0 Å². The summed E-state index contributed by atoms with van der Waals surface area (Å²) in [4.78, 5) is 23.4. The van der Waals surface area contributed by atoms with Gasteiger partial charge in [-0.05, 0) is 18.8 Å². The van der Waals surface area contributed by atoms with Gasteiger partial charge in [0, 0.05) is 0 Å². The van der Waals surface area contributed by atoms with Gasteiger partial charge in [-0.25, -0.2) is 0 Å². The summed E-state index contributed by atoms with van der Waals surface area (Å²) >= 11 is 0. The number of rotatable bonds is 3. The summed E-state index contributed by atoms with van der Waals surface area (Å²) in [6.45, 7) is 2.10. The van der Waals surface area contributed by atoms with E-state index in [1.165, 1.54) is 57.8 Å². The third-order valence-corrected chi connectivity index (χ3v) is 6.03. The number of aliphatic carboxylic acids is 2. The molecule has 1 rings (SSSR count). The van der Waals surface area contributed by atoms with Gasteiger partial charge in [-0.1, -0.05) is 96.8 Å². The molecule has 2 N–H and O–H groups in total. The minimum absolute atomic E-state index is 0.243. The molecule has 2 unspecified atom stereocenters. The Morgan fingerprint density at radius 1 is 0.769 bits per heavy atom. The smallest absolute Gasteiger partial charge is 0.310 e. The van der Waals surface area contributed by atoms with E-state index >= 15 is 0 Å². The quantitative estimate of drug-likeness (QED) is 0.602. The highest BCUT2D eigenvalue weighted by Crippen LogP contribution is 2.38. The standard InChI is InChI=1S/C22H40O4/c1-19-15-13-11-9-7-5-3-2-4-6-8-10-12-14-16-22(17-19,21(25)26)18-20(23)24/h19H,2-18H2,1H3,(H,23,24)(H,25,26). The maximum absolute atomic E-state index is 12.0. The molecule has 26 heavy (non-hydrogen) atoms. The Bertz CT molecular complexity index is 407. The number of carboxylic acid groups (broad SMARTS) is 2. The largest absolute Gasteiger partial charge is 0.481 e. The molecule has 0 spiro atoms. The number of carboxylic acids is 2. The first-order valence-corrected chi connectivity index (χ1v) is 10.9. The third-order valence-electron chi connectivity index (χ3n) is 6.03. The lowest BCUT2D eigenvalue weighted by Gasteiger charge is -2.31. The van der Waals surface area contributed by atoms with E-state index in [4.69, 9.17) is 0 Å². The summed E-state index contributed by atoms with van der Waals surface area (Å²) in [6.07, 6.45) is 17.5. The highest BCUT2D eigenvalue weighted by Gasteiger charge is 2.41. The second kappa shape index (κ2) is 13.2. The molecule has 0 bridgehead atoms. The topological polar surface area (TPSA) is 74.6 Å². The number of hydrogen-bond donors (Lipinski definition) is 2. The maximum Gasteiger partial charge on any atom is 0.310 e. The molecular formula is C22H40O4. The zero-order valence-electron chi connectivity index (χ0n) is 16.8. The molecule has 0 radical (unpaired) electrons. The van der Waals surface area contributed by atoms with Crippen LogP contribution in [0.3, 0.4) is 0 Å². The fourth-order valence-corrected chi connectivity index (χ4v) is 4.49. The Morgan fingerprint density at radius 2 is 1.19 bits per heavy atom. The zero-order chi connectivity index (χ0) is 19.3. The van der Waals surface area contributed by atoms with Crippen molar-refractivity contribution in [2.24, 2.45) is 11.3 Å². The van der Waals surface area contributed by atoms with Crippen LogP contribution in [0.25, 0.3) is 0 Å². The summed E-state index contributed by atoms with van der Waals surface area (Å²) in [5, 5.41) is 19.1. The molecule has 0 aliphatic heterocycles. The Labute approximate surface area is 159 Å². The van der Waals surface area contributed by atoms with Gasteiger partial charge < -0.3 is 10.2 Å². The van der Waals surface area contributed by atoms with E-state index in [-0.39, 0.29) is 12.3 Å². The van der Waals surface area contributed by atoms with Crippen LogP contribution >= 0.6 is 0 Å². The molecule has 2 atom stereocenters. The summed E-state index contributed by atoms with van der Waals surface area (Å²) in [5.41, 5.74) is -1.09. The Hall–Kier alpha value is -1.06. The second-order valence-electron chi connectivity index (χ2n) is 8.60. The normalized spacial score (nSPS) is 28.6. The molecule has 0 aromatic carbocycles. The van der Waals surface area contributed by atoms with Crippen molar-refractivity contribution in [3.05, 3.63) is 0 Å². The Kier molecular flexibility index (Phi) is 11.6. The van der Waals surface area contributed by atoms with E-state index in [2.05, 4.69) is 6.92 Å². The van der Waals surface area contributed by atoms with Gasteiger partial charge in [0.05, 0.1) is 11.8 Å². The molecule has 1 saturated carbocycles. The van der Waals surface area contributed by atoms with Crippen LogP contribution < -0.4 is 0 Å². The molecule has 1 aliphatic rings. The molecule has 0 heterocycles. The van der Waals surface area contributed by atoms with Crippen LogP contribution in [0, 0.1) is 11.3 Å².